The average molecular weight is 420 g/mol. The molecule has 1 aromatic heterocycles. The van der Waals surface area contributed by atoms with Crippen molar-refractivity contribution in [2.24, 2.45) is 5.92 Å². The third kappa shape index (κ3) is 6.50. The molecular formula is C16H17ClF3N5O3. The van der Waals surface area contributed by atoms with Crippen molar-refractivity contribution in [3.05, 3.63) is 41.2 Å². The largest absolute Gasteiger partial charge is 0.490 e. The Morgan fingerprint density at radius 2 is 2.11 bits per heavy atom. The number of rotatable bonds is 4. The van der Waals surface area contributed by atoms with E-state index in [1.165, 1.54) is 4.68 Å². The highest BCUT2D eigenvalue weighted by Crippen LogP contribution is 2.14. The monoisotopic (exact) mass is 419 g/mol. The number of aliphatic carboxylic acids is 1. The number of aromatic nitrogens is 3. The number of carboxylic acids is 1. The van der Waals surface area contributed by atoms with Gasteiger partial charge in [0.15, 0.2) is 5.69 Å². The van der Waals surface area contributed by atoms with Crippen molar-refractivity contribution in [1.82, 2.24) is 25.6 Å². The van der Waals surface area contributed by atoms with Crippen LogP contribution in [0.2, 0.25) is 5.02 Å². The minimum absolute atomic E-state index is 0.199. The molecule has 3 rings (SSSR count). The molecule has 0 spiro atoms. The minimum atomic E-state index is -5.08. The molecule has 0 unspecified atom stereocenters. The fourth-order valence-electron chi connectivity index (χ4n) is 2.33. The number of alkyl halides is 3. The highest BCUT2D eigenvalue weighted by atomic mass is 35.5. The summed E-state index contributed by atoms with van der Waals surface area (Å²) < 4.78 is 33.3. The summed E-state index contributed by atoms with van der Waals surface area (Å²) in [7, 11) is 0. The van der Waals surface area contributed by atoms with Crippen LogP contribution in [0.1, 0.15) is 16.9 Å². The van der Waals surface area contributed by atoms with Gasteiger partial charge in [-0.2, -0.15) is 13.2 Å². The van der Waals surface area contributed by atoms with Crippen LogP contribution >= 0.6 is 11.6 Å². The van der Waals surface area contributed by atoms with Crippen LogP contribution in [0.25, 0.3) is 5.69 Å². The molecule has 0 saturated carbocycles. The van der Waals surface area contributed by atoms with E-state index in [1.54, 1.807) is 18.3 Å². The summed E-state index contributed by atoms with van der Waals surface area (Å²) in [6.07, 6.45) is -2.39. The second-order valence-electron chi connectivity index (χ2n) is 5.90. The van der Waals surface area contributed by atoms with Gasteiger partial charge in [0.2, 0.25) is 0 Å². The molecule has 3 N–H and O–H groups in total. The highest BCUT2D eigenvalue weighted by molar-refractivity contribution is 6.30. The molecule has 1 saturated heterocycles. The Morgan fingerprint density at radius 3 is 2.68 bits per heavy atom. The van der Waals surface area contributed by atoms with E-state index in [0.29, 0.717) is 23.2 Å². The van der Waals surface area contributed by atoms with Crippen LogP contribution in [-0.4, -0.2) is 57.8 Å². The number of benzene rings is 1. The Labute approximate surface area is 162 Å². The van der Waals surface area contributed by atoms with Crippen LogP contribution in [0.3, 0.4) is 0 Å². The smallest absolute Gasteiger partial charge is 0.475 e. The molecule has 1 aliphatic rings. The maximum atomic E-state index is 12.0. The van der Waals surface area contributed by atoms with Crippen LogP contribution < -0.4 is 10.6 Å². The molecule has 2 heterocycles. The van der Waals surface area contributed by atoms with Gasteiger partial charge in [0.1, 0.15) is 0 Å². The summed E-state index contributed by atoms with van der Waals surface area (Å²) in [6.45, 7) is 2.64. The summed E-state index contributed by atoms with van der Waals surface area (Å²) in [5, 5.41) is 21.8. The van der Waals surface area contributed by atoms with Crippen molar-refractivity contribution in [3.8, 4) is 5.69 Å². The van der Waals surface area contributed by atoms with Crippen LogP contribution in [0.4, 0.5) is 13.2 Å². The van der Waals surface area contributed by atoms with E-state index >= 15 is 0 Å². The standard InChI is InChI=1S/C14H16ClN5O.C2HF3O2/c15-11-2-1-3-12(6-11)20-9-13(18-19-20)14(21)17-8-10-4-5-16-7-10;3-2(4,5)1(6)7/h1-3,6,9-10,16H,4-5,7-8H2,(H,17,21);(H,6,7)/t10-;/m0./s1. The van der Waals surface area contributed by atoms with Crippen LogP contribution in [-0.2, 0) is 4.79 Å². The Morgan fingerprint density at radius 1 is 1.39 bits per heavy atom. The van der Waals surface area contributed by atoms with E-state index in [2.05, 4.69) is 20.9 Å². The molecule has 0 bridgehead atoms. The zero-order valence-electron chi connectivity index (χ0n) is 14.4. The molecule has 0 radical (unpaired) electrons. The predicted octanol–water partition coefficient (Wildman–Crippen LogP) is 1.89. The number of carbonyl (C=O) groups excluding carboxylic acids is 1. The van der Waals surface area contributed by atoms with Gasteiger partial charge in [-0.15, -0.1) is 5.10 Å². The zero-order valence-corrected chi connectivity index (χ0v) is 15.2. The van der Waals surface area contributed by atoms with Gasteiger partial charge in [0.25, 0.3) is 5.91 Å². The lowest BCUT2D eigenvalue weighted by Gasteiger charge is -2.08. The minimum Gasteiger partial charge on any atom is -0.475 e. The van der Waals surface area contributed by atoms with Crippen LogP contribution in [0.15, 0.2) is 30.5 Å². The SMILES string of the molecule is O=C(NC[C@H]1CCNC1)c1cn(-c2cccc(Cl)c2)nn1.O=C(O)C(F)(F)F. The van der Waals surface area contributed by atoms with E-state index < -0.39 is 12.1 Å². The third-order valence-corrected chi connectivity index (χ3v) is 3.99. The third-order valence-electron chi connectivity index (χ3n) is 3.75. The van der Waals surface area contributed by atoms with Gasteiger partial charge in [0.05, 0.1) is 11.9 Å². The maximum absolute atomic E-state index is 12.0. The normalized spacial score (nSPS) is 16.2. The summed E-state index contributed by atoms with van der Waals surface area (Å²) >= 11 is 5.94. The molecule has 1 atom stereocenters. The van der Waals surface area contributed by atoms with Gasteiger partial charge in [-0.05, 0) is 43.6 Å². The lowest BCUT2D eigenvalue weighted by Crippen LogP contribution is -2.30. The lowest BCUT2D eigenvalue weighted by molar-refractivity contribution is -0.192. The molecule has 1 amide bonds. The van der Waals surface area contributed by atoms with Gasteiger partial charge < -0.3 is 15.7 Å². The van der Waals surface area contributed by atoms with E-state index in [4.69, 9.17) is 21.5 Å². The number of hydrogen-bond acceptors (Lipinski definition) is 5. The molecule has 152 valence electrons. The second-order valence-corrected chi connectivity index (χ2v) is 6.34. The van der Waals surface area contributed by atoms with Gasteiger partial charge in [-0.1, -0.05) is 22.9 Å². The summed E-state index contributed by atoms with van der Waals surface area (Å²) in [5.74, 6) is -2.46. The topological polar surface area (TPSA) is 109 Å². The quantitative estimate of drug-likeness (QED) is 0.698. The average Bonchev–Trinajstić information content (AvgIpc) is 3.31. The fourth-order valence-corrected chi connectivity index (χ4v) is 2.51. The maximum Gasteiger partial charge on any atom is 0.490 e. The highest BCUT2D eigenvalue weighted by Gasteiger charge is 2.38. The Hall–Kier alpha value is -2.66. The first-order valence-electron chi connectivity index (χ1n) is 8.14. The first-order valence-corrected chi connectivity index (χ1v) is 8.52. The molecular weight excluding hydrogens is 403 g/mol. The number of nitrogens with one attached hydrogen (secondary N) is 2. The molecule has 12 heteroatoms. The van der Waals surface area contributed by atoms with E-state index in [1.807, 2.05) is 12.1 Å². The first kappa shape index (κ1) is 21.6. The van der Waals surface area contributed by atoms with Crippen LogP contribution in [0, 0.1) is 5.92 Å². The fraction of sp³-hybridized carbons (Fsp3) is 0.375. The Balaban J connectivity index is 0.000000345. The van der Waals surface area contributed by atoms with E-state index in [9.17, 15) is 18.0 Å². The molecule has 8 nitrogen and oxygen atoms in total. The summed E-state index contributed by atoms with van der Waals surface area (Å²) in [5.41, 5.74) is 1.08. The Kier molecular flexibility index (Phi) is 7.35. The van der Waals surface area contributed by atoms with Gasteiger partial charge in [-0.25, -0.2) is 9.48 Å². The van der Waals surface area contributed by atoms with E-state index in [0.717, 1.165) is 25.2 Å². The number of nitrogens with zero attached hydrogens (tertiary/aromatic N) is 3. The number of amides is 1. The van der Waals surface area contributed by atoms with Crippen LogP contribution in [0.5, 0.6) is 0 Å². The summed E-state index contributed by atoms with van der Waals surface area (Å²) in [4.78, 5) is 20.9. The van der Waals surface area contributed by atoms with Crippen molar-refractivity contribution < 1.29 is 27.9 Å². The molecule has 0 aliphatic carbocycles. The zero-order chi connectivity index (χ0) is 20.7. The van der Waals surface area contributed by atoms with Gasteiger partial charge >= 0.3 is 12.1 Å². The second kappa shape index (κ2) is 9.51. The van der Waals surface area contributed by atoms with E-state index in [-0.39, 0.29) is 5.91 Å². The summed E-state index contributed by atoms with van der Waals surface area (Å²) in [6, 6.07) is 7.23. The molecule has 1 aromatic carbocycles. The number of halogens is 4. The lowest BCUT2D eigenvalue weighted by atomic mass is 10.1. The molecule has 2 aromatic rings. The van der Waals surface area contributed by atoms with Crippen molar-refractivity contribution in [2.75, 3.05) is 19.6 Å². The molecule has 1 fully saturated rings. The van der Waals surface area contributed by atoms with Crippen molar-refractivity contribution in [1.29, 1.82) is 0 Å². The Bertz CT molecular complexity index is 822. The van der Waals surface area contributed by atoms with Crippen molar-refractivity contribution in [2.45, 2.75) is 12.6 Å². The van der Waals surface area contributed by atoms with Crippen molar-refractivity contribution in [3.63, 3.8) is 0 Å². The molecule has 28 heavy (non-hydrogen) atoms. The van der Waals surface area contributed by atoms with Crippen molar-refractivity contribution >= 4 is 23.5 Å². The molecule has 1 aliphatic heterocycles. The predicted molar refractivity (Wildman–Crippen MR) is 93.4 cm³/mol. The van der Waals surface area contributed by atoms with Gasteiger partial charge in [0, 0.05) is 11.6 Å². The number of carbonyl (C=O) groups is 2. The number of carboxylic acid groups (broad SMARTS) is 1. The first-order chi connectivity index (χ1) is 13.2. The number of hydrogen-bond donors (Lipinski definition) is 3. The van der Waals surface area contributed by atoms with Gasteiger partial charge in [-0.3, -0.25) is 4.79 Å².